The van der Waals surface area contributed by atoms with Gasteiger partial charge in [0.2, 0.25) is 11.8 Å². The molecule has 2 amide bonds. The third-order valence-electron chi connectivity index (χ3n) is 5.01. The van der Waals surface area contributed by atoms with Crippen LogP contribution < -0.4 is 10.6 Å². The van der Waals surface area contributed by atoms with Crippen molar-refractivity contribution >= 4 is 17.5 Å². The Morgan fingerprint density at radius 2 is 1.70 bits per heavy atom. The molecule has 1 heterocycles. The van der Waals surface area contributed by atoms with Crippen molar-refractivity contribution in [1.82, 2.24) is 10.2 Å². The van der Waals surface area contributed by atoms with E-state index in [1.807, 2.05) is 61.3 Å². The number of hydrogen-bond acceptors (Lipinski definition) is 3. The lowest BCUT2D eigenvalue weighted by Gasteiger charge is -2.18. The highest BCUT2D eigenvalue weighted by Gasteiger charge is 2.34. The van der Waals surface area contributed by atoms with Gasteiger partial charge < -0.3 is 10.6 Å². The summed E-state index contributed by atoms with van der Waals surface area (Å²) in [6.45, 7) is 2.53. The van der Waals surface area contributed by atoms with Gasteiger partial charge in [-0.05, 0) is 43.1 Å². The second kappa shape index (κ2) is 8.82. The minimum absolute atomic E-state index is 0.0263. The van der Waals surface area contributed by atoms with Gasteiger partial charge >= 0.3 is 0 Å². The number of likely N-dealkylation sites (N-methyl/N-ethyl adjacent to an activating group) is 1. The van der Waals surface area contributed by atoms with Gasteiger partial charge in [-0.25, -0.2) is 0 Å². The lowest BCUT2D eigenvalue weighted by molar-refractivity contribution is -0.122. The van der Waals surface area contributed by atoms with E-state index in [0.29, 0.717) is 19.4 Å². The van der Waals surface area contributed by atoms with Crippen LogP contribution in [0.2, 0.25) is 0 Å². The average molecular weight is 365 g/mol. The van der Waals surface area contributed by atoms with Gasteiger partial charge in [-0.1, -0.05) is 49.4 Å². The smallest absolute Gasteiger partial charge is 0.241 e. The van der Waals surface area contributed by atoms with Gasteiger partial charge in [0.1, 0.15) is 0 Å². The van der Waals surface area contributed by atoms with E-state index >= 15 is 0 Å². The largest absolute Gasteiger partial charge is 0.352 e. The van der Waals surface area contributed by atoms with Crippen molar-refractivity contribution in [2.75, 3.05) is 18.9 Å². The van der Waals surface area contributed by atoms with Crippen LogP contribution in [-0.2, 0) is 16.0 Å². The van der Waals surface area contributed by atoms with Gasteiger partial charge in [-0.2, -0.15) is 0 Å². The highest BCUT2D eigenvalue weighted by atomic mass is 16.2. The SMILES string of the molecule is CCC(=O)N[C@@H]1C[C@@H](C(=O)Nc2ccc(Cc3ccccc3)cc2)N(C)C1. The Bertz CT molecular complexity index is 774. The first-order chi connectivity index (χ1) is 13.0. The molecular weight excluding hydrogens is 338 g/mol. The summed E-state index contributed by atoms with van der Waals surface area (Å²) >= 11 is 0. The molecule has 5 nitrogen and oxygen atoms in total. The summed E-state index contributed by atoms with van der Waals surface area (Å²) in [5.41, 5.74) is 3.27. The molecule has 27 heavy (non-hydrogen) atoms. The van der Waals surface area contributed by atoms with Gasteiger partial charge in [-0.15, -0.1) is 0 Å². The monoisotopic (exact) mass is 365 g/mol. The van der Waals surface area contributed by atoms with Crippen LogP contribution in [0.4, 0.5) is 5.69 Å². The molecule has 0 bridgehead atoms. The number of nitrogens with one attached hydrogen (secondary N) is 2. The molecule has 0 unspecified atom stereocenters. The summed E-state index contributed by atoms with van der Waals surface area (Å²) in [6, 6.07) is 18.1. The predicted molar refractivity (Wildman–Crippen MR) is 108 cm³/mol. The lowest BCUT2D eigenvalue weighted by Crippen LogP contribution is -2.37. The Kier molecular flexibility index (Phi) is 6.24. The molecule has 0 aliphatic carbocycles. The zero-order valence-corrected chi connectivity index (χ0v) is 15.9. The molecule has 1 saturated heterocycles. The molecule has 0 radical (unpaired) electrons. The molecule has 1 aliphatic rings. The van der Waals surface area contributed by atoms with Crippen molar-refractivity contribution in [3.8, 4) is 0 Å². The van der Waals surface area contributed by atoms with Crippen LogP contribution in [0.15, 0.2) is 54.6 Å². The van der Waals surface area contributed by atoms with Crippen LogP contribution in [0.3, 0.4) is 0 Å². The van der Waals surface area contributed by atoms with E-state index in [1.165, 1.54) is 11.1 Å². The quantitative estimate of drug-likeness (QED) is 0.827. The Balaban J connectivity index is 1.55. The number of likely N-dealkylation sites (tertiary alicyclic amines) is 1. The molecule has 0 aromatic heterocycles. The Morgan fingerprint density at radius 3 is 2.37 bits per heavy atom. The number of anilines is 1. The fraction of sp³-hybridized carbons (Fsp3) is 0.364. The topological polar surface area (TPSA) is 61.4 Å². The molecule has 2 N–H and O–H groups in total. The zero-order chi connectivity index (χ0) is 19.2. The number of carbonyl (C=O) groups excluding carboxylic acids is 2. The van der Waals surface area contributed by atoms with E-state index in [2.05, 4.69) is 22.8 Å². The van der Waals surface area contributed by atoms with Gasteiger partial charge in [0, 0.05) is 24.7 Å². The number of amides is 2. The number of rotatable bonds is 6. The van der Waals surface area contributed by atoms with E-state index in [0.717, 1.165) is 12.1 Å². The van der Waals surface area contributed by atoms with Gasteiger partial charge in [0.05, 0.1) is 6.04 Å². The molecule has 2 atom stereocenters. The van der Waals surface area contributed by atoms with Crippen molar-refractivity contribution in [2.24, 2.45) is 0 Å². The van der Waals surface area contributed by atoms with Gasteiger partial charge in [-0.3, -0.25) is 14.5 Å². The van der Waals surface area contributed by atoms with Crippen molar-refractivity contribution in [3.63, 3.8) is 0 Å². The molecule has 2 aromatic carbocycles. The highest BCUT2D eigenvalue weighted by Crippen LogP contribution is 2.19. The van der Waals surface area contributed by atoms with Crippen molar-refractivity contribution < 1.29 is 9.59 Å². The lowest BCUT2D eigenvalue weighted by atomic mass is 10.0. The first-order valence-electron chi connectivity index (χ1n) is 9.48. The zero-order valence-electron chi connectivity index (χ0n) is 15.9. The van der Waals surface area contributed by atoms with Crippen LogP contribution in [0.5, 0.6) is 0 Å². The molecule has 142 valence electrons. The molecule has 2 aromatic rings. The summed E-state index contributed by atoms with van der Waals surface area (Å²) in [7, 11) is 1.92. The summed E-state index contributed by atoms with van der Waals surface area (Å²) < 4.78 is 0. The van der Waals surface area contributed by atoms with Crippen LogP contribution >= 0.6 is 0 Å². The van der Waals surface area contributed by atoms with E-state index in [1.54, 1.807) is 0 Å². The minimum atomic E-state index is -0.226. The summed E-state index contributed by atoms with van der Waals surface area (Å²) in [4.78, 5) is 26.2. The second-order valence-corrected chi connectivity index (χ2v) is 7.16. The van der Waals surface area contributed by atoms with E-state index in [-0.39, 0.29) is 23.9 Å². The fourth-order valence-corrected chi connectivity index (χ4v) is 3.50. The molecule has 3 rings (SSSR count). The Labute approximate surface area is 160 Å². The summed E-state index contributed by atoms with van der Waals surface area (Å²) in [5.74, 6) is 0.00465. The van der Waals surface area contributed by atoms with Gasteiger partial charge in [0.15, 0.2) is 0 Å². The number of nitrogens with zero attached hydrogens (tertiary/aromatic N) is 1. The first kappa shape index (κ1) is 19.1. The van der Waals surface area contributed by atoms with Crippen molar-refractivity contribution in [3.05, 3.63) is 65.7 Å². The number of carbonyl (C=O) groups is 2. The Morgan fingerprint density at radius 1 is 1.04 bits per heavy atom. The van der Waals surface area contributed by atoms with Crippen LogP contribution in [0.1, 0.15) is 30.9 Å². The minimum Gasteiger partial charge on any atom is -0.352 e. The predicted octanol–water partition coefficient (Wildman–Crippen LogP) is 2.81. The van der Waals surface area contributed by atoms with E-state index in [9.17, 15) is 9.59 Å². The number of hydrogen-bond donors (Lipinski definition) is 2. The van der Waals surface area contributed by atoms with Crippen molar-refractivity contribution in [1.29, 1.82) is 0 Å². The second-order valence-electron chi connectivity index (χ2n) is 7.16. The Hall–Kier alpha value is -2.66. The maximum atomic E-state index is 12.6. The molecule has 0 saturated carbocycles. The van der Waals surface area contributed by atoms with E-state index in [4.69, 9.17) is 0 Å². The fourth-order valence-electron chi connectivity index (χ4n) is 3.50. The van der Waals surface area contributed by atoms with Gasteiger partial charge in [0.25, 0.3) is 0 Å². The van der Waals surface area contributed by atoms with Crippen LogP contribution in [-0.4, -0.2) is 42.4 Å². The summed E-state index contributed by atoms with van der Waals surface area (Å²) in [6.07, 6.45) is 1.98. The average Bonchev–Trinajstić information content (AvgIpc) is 3.04. The molecule has 5 heteroatoms. The van der Waals surface area contributed by atoms with E-state index < -0.39 is 0 Å². The third kappa shape index (κ3) is 5.17. The maximum Gasteiger partial charge on any atom is 0.241 e. The van der Waals surface area contributed by atoms with Crippen molar-refractivity contribution in [2.45, 2.75) is 38.3 Å². The van der Waals surface area contributed by atoms with Crippen LogP contribution in [0, 0.1) is 0 Å². The standard InChI is InChI=1S/C22H27N3O2/c1-3-21(26)23-19-14-20(25(2)15-19)22(27)24-18-11-9-17(10-12-18)13-16-7-5-4-6-8-16/h4-12,19-20H,3,13-15H2,1-2H3,(H,23,26)(H,24,27)/t19-,20+/m1/s1. The molecule has 0 spiro atoms. The highest BCUT2D eigenvalue weighted by molar-refractivity contribution is 5.95. The third-order valence-corrected chi connectivity index (χ3v) is 5.01. The number of benzene rings is 2. The maximum absolute atomic E-state index is 12.6. The first-order valence-corrected chi connectivity index (χ1v) is 9.48. The molecule has 1 aliphatic heterocycles. The molecule has 1 fully saturated rings. The normalized spacial score (nSPS) is 19.6. The molecular formula is C22H27N3O2. The summed E-state index contributed by atoms with van der Waals surface area (Å²) in [5, 5.41) is 5.98. The van der Waals surface area contributed by atoms with Crippen LogP contribution in [0.25, 0.3) is 0 Å².